The van der Waals surface area contributed by atoms with E-state index in [9.17, 15) is 4.79 Å². The number of nitrogens with one attached hydrogen (secondary N) is 3. The molecule has 0 radical (unpaired) electrons. The van der Waals surface area contributed by atoms with Crippen LogP contribution in [0.25, 0.3) is 0 Å². The third kappa shape index (κ3) is 6.63. The number of amides is 1. The van der Waals surface area contributed by atoms with E-state index in [4.69, 9.17) is 10.1 Å². The summed E-state index contributed by atoms with van der Waals surface area (Å²) in [6.07, 6.45) is 1.03. The molecule has 1 saturated heterocycles. The average Bonchev–Trinajstić information content (AvgIpc) is 3.10. The molecule has 182 valence electrons. The van der Waals surface area contributed by atoms with E-state index in [1.165, 1.54) is 0 Å². The van der Waals surface area contributed by atoms with Crippen molar-refractivity contribution in [3.63, 3.8) is 0 Å². The highest BCUT2D eigenvalue weighted by atomic mass is 16.5. The quantitative estimate of drug-likeness (QED) is 0.383. The maximum Gasteiger partial charge on any atom is 0.251 e. The molecule has 0 bridgehead atoms. The van der Waals surface area contributed by atoms with E-state index >= 15 is 0 Å². The van der Waals surface area contributed by atoms with Crippen LogP contribution in [0.3, 0.4) is 0 Å². The second-order valence-corrected chi connectivity index (χ2v) is 9.93. The topological polar surface area (TPSA) is 77.5 Å². The molecule has 3 N–H and O–H groups in total. The van der Waals surface area contributed by atoms with Gasteiger partial charge in [-0.1, -0.05) is 56.3 Å². The van der Waals surface area contributed by atoms with Gasteiger partial charge in [-0.3, -0.25) is 10.2 Å². The molecule has 3 aromatic carbocycles. The van der Waals surface area contributed by atoms with Crippen LogP contribution in [0.15, 0.2) is 78.9 Å². The molecule has 1 aliphatic rings. The third-order valence-electron chi connectivity index (χ3n) is 6.05. The summed E-state index contributed by atoms with van der Waals surface area (Å²) in [7, 11) is 0. The monoisotopic (exact) mass is 470 g/mol. The molecule has 1 unspecified atom stereocenters. The molecule has 1 aliphatic heterocycles. The first-order chi connectivity index (χ1) is 16.8. The lowest BCUT2D eigenvalue weighted by atomic mass is 9.91. The summed E-state index contributed by atoms with van der Waals surface area (Å²) in [5, 5.41) is 14.7. The fourth-order valence-electron chi connectivity index (χ4n) is 4.70. The Morgan fingerprint density at radius 1 is 1.03 bits per heavy atom. The second-order valence-electron chi connectivity index (χ2n) is 9.93. The summed E-state index contributed by atoms with van der Waals surface area (Å²) < 4.78 is 5.79. The molecular formula is C29H34N4O2. The van der Waals surface area contributed by atoms with Crippen LogP contribution in [0.2, 0.25) is 0 Å². The number of carbonyl (C=O) groups is 1. The number of para-hydroxylation sites is 1. The average molecular weight is 471 g/mol. The molecule has 1 fully saturated rings. The minimum Gasteiger partial charge on any atom is -0.457 e. The highest BCUT2D eigenvalue weighted by Gasteiger charge is 2.36. The van der Waals surface area contributed by atoms with Gasteiger partial charge in [0.05, 0.1) is 5.54 Å². The van der Waals surface area contributed by atoms with Crippen molar-refractivity contribution in [2.24, 2.45) is 5.92 Å². The summed E-state index contributed by atoms with van der Waals surface area (Å²) in [5.41, 5.74) is 2.67. The molecule has 1 amide bonds. The van der Waals surface area contributed by atoms with E-state index < -0.39 is 0 Å². The molecule has 0 aliphatic carbocycles. The van der Waals surface area contributed by atoms with Crippen LogP contribution in [0.5, 0.6) is 11.5 Å². The fourth-order valence-corrected chi connectivity index (χ4v) is 4.70. The van der Waals surface area contributed by atoms with Gasteiger partial charge in [0.25, 0.3) is 5.91 Å². The van der Waals surface area contributed by atoms with Crippen molar-refractivity contribution >= 4 is 11.9 Å². The number of hydrogen-bond donors (Lipinski definition) is 3. The van der Waals surface area contributed by atoms with E-state index in [0.29, 0.717) is 36.3 Å². The van der Waals surface area contributed by atoms with E-state index in [0.717, 1.165) is 29.8 Å². The summed E-state index contributed by atoms with van der Waals surface area (Å²) in [6, 6.07) is 24.9. The van der Waals surface area contributed by atoms with Crippen molar-refractivity contribution in [1.29, 1.82) is 5.41 Å². The Hall–Kier alpha value is -3.80. The van der Waals surface area contributed by atoms with Gasteiger partial charge in [-0.25, -0.2) is 0 Å². The molecule has 4 rings (SSSR count). The largest absolute Gasteiger partial charge is 0.457 e. The van der Waals surface area contributed by atoms with Gasteiger partial charge in [-0.15, -0.1) is 0 Å². The Morgan fingerprint density at radius 3 is 2.43 bits per heavy atom. The Morgan fingerprint density at radius 2 is 1.71 bits per heavy atom. The Balaban J connectivity index is 1.31. The fraction of sp³-hybridized carbons (Fsp3) is 0.310. The van der Waals surface area contributed by atoms with E-state index in [1.54, 1.807) is 24.3 Å². The van der Waals surface area contributed by atoms with Crippen molar-refractivity contribution in [3.05, 3.63) is 95.6 Å². The Labute approximate surface area is 207 Å². The van der Waals surface area contributed by atoms with Gasteiger partial charge in [0.2, 0.25) is 0 Å². The van der Waals surface area contributed by atoms with Gasteiger partial charge in [0, 0.05) is 25.2 Å². The molecule has 0 aromatic heterocycles. The van der Waals surface area contributed by atoms with Crippen LogP contribution in [-0.2, 0) is 13.1 Å². The molecule has 6 nitrogen and oxygen atoms in total. The molecule has 1 atom stereocenters. The van der Waals surface area contributed by atoms with Crippen molar-refractivity contribution in [3.8, 4) is 11.5 Å². The molecule has 0 spiro atoms. The lowest BCUT2D eigenvalue weighted by Crippen LogP contribution is -2.41. The zero-order chi connectivity index (χ0) is 24.8. The first-order valence-corrected chi connectivity index (χ1v) is 12.1. The second kappa shape index (κ2) is 10.6. The number of nitrogens with zero attached hydrogens (tertiary/aromatic N) is 1. The molecule has 1 heterocycles. The van der Waals surface area contributed by atoms with E-state index in [2.05, 4.69) is 48.4 Å². The summed E-state index contributed by atoms with van der Waals surface area (Å²) in [5.74, 6) is 2.36. The summed E-state index contributed by atoms with van der Waals surface area (Å²) in [4.78, 5) is 14.7. The third-order valence-corrected chi connectivity index (χ3v) is 6.05. The van der Waals surface area contributed by atoms with Gasteiger partial charge in [0.15, 0.2) is 5.96 Å². The van der Waals surface area contributed by atoms with Gasteiger partial charge < -0.3 is 20.3 Å². The normalized spacial score (nSPS) is 17.4. The Bertz CT molecular complexity index is 1160. The molecule has 35 heavy (non-hydrogen) atoms. The Kier molecular flexibility index (Phi) is 7.39. The van der Waals surface area contributed by atoms with Gasteiger partial charge in [-0.05, 0) is 66.8 Å². The number of guanidine groups is 1. The first-order valence-electron chi connectivity index (χ1n) is 12.1. The first kappa shape index (κ1) is 24.3. The standard InChI is InChI=1S/C29H34N4O2/c1-21(2)17-29(3)20-33(28(30)32-29)19-23-9-7-8-22(16-23)18-31-27(34)24-12-14-26(15-13-24)35-25-10-5-4-6-11-25/h4-16,21H,17-20H2,1-3H3,(H2,30,32)(H,31,34). The summed E-state index contributed by atoms with van der Waals surface area (Å²) >= 11 is 0. The molecule has 0 saturated carbocycles. The van der Waals surface area contributed by atoms with Crippen LogP contribution in [0.1, 0.15) is 48.7 Å². The van der Waals surface area contributed by atoms with Gasteiger partial charge >= 0.3 is 0 Å². The number of benzene rings is 3. The zero-order valence-corrected chi connectivity index (χ0v) is 20.7. The minimum absolute atomic E-state index is 0.0709. The number of hydrogen-bond acceptors (Lipinski definition) is 3. The number of rotatable bonds is 9. The maximum absolute atomic E-state index is 12.7. The highest BCUT2D eigenvalue weighted by molar-refractivity contribution is 5.94. The van der Waals surface area contributed by atoms with Crippen molar-refractivity contribution in [2.75, 3.05) is 6.54 Å². The van der Waals surface area contributed by atoms with Crippen LogP contribution >= 0.6 is 0 Å². The van der Waals surface area contributed by atoms with Crippen LogP contribution < -0.4 is 15.4 Å². The van der Waals surface area contributed by atoms with Gasteiger partial charge in [0.1, 0.15) is 11.5 Å². The maximum atomic E-state index is 12.7. The van der Waals surface area contributed by atoms with Crippen molar-refractivity contribution in [1.82, 2.24) is 15.5 Å². The molecular weight excluding hydrogens is 436 g/mol. The predicted molar refractivity (Wildman–Crippen MR) is 140 cm³/mol. The predicted octanol–water partition coefficient (Wildman–Crippen LogP) is 5.55. The van der Waals surface area contributed by atoms with Crippen molar-refractivity contribution < 1.29 is 9.53 Å². The minimum atomic E-state index is -0.128. The van der Waals surface area contributed by atoms with Crippen LogP contribution in [0.4, 0.5) is 0 Å². The highest BCUT2D eigenvalue weighted by Crippen LogP contribution is 2.25. The van der Waals surface area contributed by atoms with Crippen LogP contribution in [-0.4, -0.2) is 28.9 Å². The zero-order valence-electron chi connectivity index (χ0n) is 20.7. The van der Waals surface area contributed by atoms with E-state index in [-0.39, 0.29) is 11.4 Å². The van der Waals surface area contributed by atoms with E-state index in [1.807, 2.05) is 42.5 Å². The lowest BCUT2D eigenvalue weighted by Gasteiger charge is -2.26. The van der Waals surface area contributed by atoms with Gasteiger partial charge in [-0.2, -0.15) is 0 Å². The van der Waals surface area contributed by atoms with Crippen LogP contribution in [0, 0.1) is 11.3 Å². The SMILES string of the molecule is CC(C)CC1(C)CN(Cc2cccc(CNC(=O)c3ccc(Oc4ccccc4)cc3)c2)C(=N)N1. The number of ether oxygens (including phenoxy) is 1. The lowest BCUT2D eigenvalue weighted by molar-refractivity contribution is 0.0951. The molecule has 3 aromatic rings. The molecule has 6 heteroatoms. The smallest absolute Gasteiger partial charge is 0.251 e. The van der Waals surface area contributed by atoms with Crippen molar-refractivity contribution in [2.45, 2.75) is 45.8 Å². The number of carbonyl (C=O) groups excluding carboxylic acids is 1. The summed E-state index contributed by atoms with van der Waals surface area (Å²) in [6.45, 7) is 8.54.